The lowest BCUT2D eigenvalue weighted by Gasteiger charge is -2.40. The average molecular weight is 543 g/mol. The second-order valence-electron chi connectivity index (χ2n) is 7.62. The zero-order valence-electron chi connectivity index (χ0n) is 17.9. The molecule has 0 bridgehead atoms. The number of halogens is 13. The molecule has 2 nitrogen and oxygen atoms in total. The van der Waals surface area contributed by atoms with E-state index in [1.54, 1.807) is 13.0 Å². The summed E-state index contributed by atoms with van der Waals surface area (Å²) in [6, 6.07) is 5.81. The molecule has 2 aromatic carbocycles. The standard InChI is InChI=1S/C21H14F13NO/c1-10-6-5-9-14(11(10)2)35-15(36)12-7-3-4-8-13(12)16(22,23)17(24,25)18(26,27)19(28,29)20(30,31)21(32,33)34/h3-9H,1-2H3,(H,35,36). The highest BCUT2D eigenvalue weighted by atomic mass is 19.4. The molecule has 0 unspecified atom stereocenters. The van der Waals surface area contributed by atoms with E-state index in [-0.39, 0.29) is 11.8 Å². The highest BCUT2D eigenvalue weighted by Gasteiger charge is 2.91. The summed E-state index contributed by atoms with van der Waals surface area (Å²) in [6.07, 6.45) is -7.51. The minimum absolute atomic E-state index is 0.0495. The molecule has 2 rings (SSSR count). The maximum Gasteiger partial charge on any atom is 0.460 e. The maximum atomic E-state index is 14.7. The van der Waals surface area contributed by atoms with Gasteiger partial charge in [0, 0.05) is 16.8 Å². The van der Waals surface area contributed by atoms with Crippen LogP contribution in [0, 0.1) is 13.8 Å². The van der Waals surface area contributed by atoms with Gasteiger partial charge in [-0.2, -0.15) is 57.1 Å². The van der Waals surface area contributed by atoms with Crippen molar-refractivity contribution in [3.05, 3.63) is 64.7 Å². The van der Waals surface area contributed by atoms with Gasteiger partial charge >= 0.3 is 35.8 Å². The van der Waals surface area contributed by atoms with Gasteiger partial charge < -0.3 is 5.32 Å². The van der Waals surface area contributed by atoms with Crippen LogP contribution in [0.1, 0.15) is 27.0 Å². The van der Waals surface area contributed by atoms with E-state index in [0.29, 0.717) is 23.3 Å². The number of hydrogen-bond donors (Lipinski definition) is 1. The van der Waals surface area contributed by atoms with Crippen LogP contribution in [0.4, 0.5) is 62.8 Å². The van der Waals surface area contributed by atoms with E-state index in [2.05, 4.69) is 0 Å². The highest BCUT2D eigenvalue weighted by molar-refractivity contribution is 6.06. The fourth-order valence-electron chi connectivity index (χ4n) is 2.97. The van der Waals surface area contributed by atoms with Gasteiger partial charge in [0.05, 0.1) is 0 Å². The predicted octanol–water partition coefficient (Wildman–Crippen LogP) is 7.75. The van der Waals surface area contributed by atoms with Gasteiger partial charge in [-0.1, -0.05) is 30.3 Å². The first-order valence-corrected chi connectivity index (χ1v) is 9.48. The summed E-state index contributed by atoms with van der Waals surface area (Å²) < 4.78 is 176. The van der Waals surface area contributed by atoms with Crippen molar-refractivity contribution in [3.63, 3.8) is 0 Å². The van der Waals surface area contributed by atoms with Crippen molar-refractivity contribution < 1.29 is 61.9 Å². The quantitative estimate of drug-likeness (QED) is 0.356. The molecule has 1 amide bonds. The van der Waals surface area contributed by atoms with Crippen molar-refractivity contribution in [2.75, 3.05) is 5.32 Å². The summed E-state index contributed by atoms with van der Waals surface area (Å²) in [5, 5.41) is 2.02. The Morgan fingerprint density at radius 3 is 1.67 bits per heavy atom. The van der Waals surface area contributed by atoms with E-state index in [4.69, 9.17) is 0 Å². The van der Waals surface area contributed by atoms with Crippen molar-refractivity contribution in [1.29, 1.82) is 0 Å². The van der Waals surface area contributed by atoms with Gasteiger partial charge in [-0.25, -0.2) is 0 Å². The van der Waals surface area contributed by atoms with Crippen LogP contribution in [0.3, 0.4) is 0 Å². The van der Waals surface area contributed by atoms with Crippen LogP contribution in [0.25, 0.3) is 0 Å². The fourth-order valence-corrected chi connectivity index (χ4v) is 2.97. The lowest BCUT2D eigenvalue weighted by Crippen LogP contribution is -2.69. The van der Waals surface area contributed by atoms with Crippen LogP contribution < -0.4 is 5.32 Å². The first-order valence-electron chi connectivity index (χ1n) is 9.48. The summed E-state index contributed by atoms with van der Waals surface area (Å²) >= 11 is 0. The summed E-state index contributed by atoms with van der Waals surface area (Å²) in [4.78, 5) is 12.5. The van der Waals surface area contributed by atoms with Gasteiger partial charge in [-0.3, -0.25) is 4.79 Å². The number of hydrogen-bond acceptors (Lipinski definition) is 1. The van der Waals surface area contributed by atoms with E-state index in [1.807, 2.05) is 5.32 Å². The van der Waals surface area contributed by atoms with E-state index in [1.165, 1.54) is 19.1 Å². The number of anilines is 1. The topological polar surface area (TPSA) is 29.1 Å². The number of aryl methyl sites for hydroxylation is 1. The van der Waals surface area contributed by atoms with E-state index in [9.17, 15) is 61.9 Å². The Morgan fingerprint density at radius 2 is 1.14 bits per heavy atom. The highest BCUT2D eigenvalue weighted by Crippen LogP contribution is 2.62. The Balaban J connectivity index is 2.62. The second kappa shape index (κ2) is 8.83. The first-order chi connectivity index (χ1) is 16.1. The molecule has 0 saturated heterocycles. The number of rotatable bonds is 7. The molecule has 0 aliphatic rings. The van der Waals surface area contributed by atoms with Crippen molar-refractivity contribution >= 4 is 11.6 Å². The molecule has 0 aromatic heterocycles. The molecule has 0 aliphatic carbocycles. The van der Waals surface area contributed by atoms with Crippen molar-refractivity contribution in [1.82, 2.24) is 0 Å². The molecule has 15 heteroatoms. The maximum absolute atomic E-state index is 14.7. The zero-order valence-corrected chi connectivity index (χ0v) is 17.9. The largest absolute Gasteiger partial charge is 0.460 e. The number of amides is 1. The Bertz CT molecular complexity index is 1140. The Labute approximate surface area is 194 Å². The third kappa shape index (κ3) is 4.25. The number of alkyl halides is 13. The van der Waals surface area contributed by atoms with Gasteiger partial charge in [0.1, 0.15) is 0 Å². The molecule has 0 saturated carbocycles. The van der Waals surface area contributed by atoms with Crippen molar-refractivity contribution in [2.45, 2.75) is 49.6 Å². The SMILES string of the molecule is Cc1cccc(NC(=O)c2ccccc2C(F)(F)C(F)(F)C(F)(F)C(F)(F)C(F)(F)C(F)(F)F)c1C. The molecule has 2 aromatic rings. The van der Waals surface area contributed by atoms with Crippen molar-refractivity contribution in [3.8, 4) is 0 Å². The zero-order chi connectivity index (χ0) is 28.1. The third-order valence-electron chi connectivity index (χ3n) is 5.30. The van der Waals surface area contributed by atoms with Crippen LogP contribution in [0.15, 0.2) is 42.5 Å². The molecule has 0 spiro atoms. The molecule has 200 valence electrons. The third-order valence-corrected chi connectivity index (χ3v) is 5.30. The lowest BCUT2D eigenvalue weighted by molar-refractivity contribution is -0.441. The predicted molar refractivity (Wildman–Crippen MR) is 100 cm³/mol. The molecule has 36 heavy (non-hydrogen) atoms. The number of carbonyl (C=O) groups excluding carboxylic acids is 1. The summed E-state index contributed by atoms with van der Waals surface area (Å²) in [6.45, 7) is 3.01. The van der Waals surface area contributed by atoms with Crippen molar-refractivity contribution in [2.24, 2.45) is 0 Å². The normalized spacial score (nSPS) is 14.1. The molecule has 0 fully saturated rings. The molecular formula is C21H14F13NO. The smallest absolute Gasteiger partial charge is 0.322 e. The minimum atomic E-state index is -8.03. The molecule has 0 radical (unpaired) electrons. The minimum Gasteiger partial charge on any atom is -0.322 e. The monoisotopic (exact) mass is 543 g/mol. The Kier molecular flexibility index (Phi) is 7.17. The Hall–Kier alpha value is -3.00. The number of benzene rings is 2. The van der Waals surface area contributed by atoms with Crippen LogP contribution in [-0.2, 0) is 5.92 Å². The van der Waals surface area contributed by atoms with Crippen LogP contribution in [0.2, 0.25) is 0 Å². The van der Waals surface area contributed by atoms with Gasteiger partial charge in [-0.15, -0.1) is 0 Å². The fraction of sp³-hybridized carbons (Fsp3) is 0.381. The average Bonchev–Trinajstić information content (AvgIpc) is 2.75. The van der Waals surface area contributed by atoms with E-state index in [0.717, 1.165) is 6.07 Å². The molecule has 0 aliphatic heterocycles. The van der Waals surface area contributed by atoms with Crippen LogP contribution >= 0.6 is 0 Å². The van der Waals surface area contributed by atoms with E-state index < -0.39 is 52.8 Å². The van der Waals surface area contributed by atoms with Gasteiger partial charge in [0.2, 0.25) is 0 Å². The van der Waals surface area contributed by atoms with Gasteiger partial charge in [0.25, 0.3) is 5.91 Å². The summed E-state index contributed by atoms with van der Waals surface area (Å²) in [7, 11) is 0. The van der Waals surface area contributed by atoms with Gasteiger partial charge in [0.15, 0.2) is 0 Å². The summed E-state index contributed by atoms with van der Waals surface area (Å²) in [5.41, 5.74) is -2.92. The first kappa shape index (κ1) is 29.2. The van der Waals surface area contributed by atoms with Crippen LogP contribution in [-0.4, -0.2) is 35.8 Å². The number of nitrogens with one attached hydrogen (secondary N) is 1. The summed E-state index contributed by atoms with van der Waals surface area (Å²) in [5.74, 6) is -39.5. The van der Waals surface area contributed by atoms with E-state index >= 15 is 0 Å². The second-order valence-corrected chi connectivity index (χ2v) is 7.62. The van der Waals surface area contributed by atoms with Crippen LogP contribution in [0.5, 0.6) is 0 Å². The number of carbonyl (C=O) groups is 1. The molecule has 0 atom stereocenters. The molecular weight excluding hydrogens is 529 g/mol. The molecule has 1 N–H and O–H groups in total. The van der Waals surface area contributed by atoms with Gasteiger partial charge in [-0.05, 0) is 37.1 Å². The lowest BCUT2D eigenvalue weighted by atomic mass is 9.88. The Morgan fingerprint density at radius 1 is 0.639 bits per heavy atom. The molecule has 0 heterocycles.